The van der Waals surface area contributed by atoms with Gasteiger partial charge in [0.05, 0.1) is 6.61 Å². The predicted octanol–water partition coefficient (Wildman–Crippen LogP) is 3.39. The molecule has 0 aliphatic heterocycles. The maximum Gasteiger partial charge on any atom is 0.380 e. The summed E-state index contributed by atoms with van der Waals surface area (Å²) >= 11 is 10.1. The Balaban J connectivity index is 3.18. The van der Waals surface area contributed by atoms with E-state index in [1.807, 2.05) is 6.92 Å². The molecule has 0 bridgehead atoms. The van der Waals surface area contributed by atoms with Crippen molar-refractivity contribution in [2.45, 2.75) is 19.8 Å². The summed E-state index contributed by atoms with van der Waals surface area (Å²) in [5.41, 5.74) is 0. The second kappa shape index (κ2) is 4.56. The maximum absolute atomic E-state index is 10.4. The largest absolute Gasteiger partial charge is 0.380 e. The van der Waals surface area contributed by atoms with E-state index in [1.54, 1.807) is 0 Å². The van der Waals surface area contributed by atoms with Crippen molar-refractivity contribution in [2.24, 2.45) is 0 Å². The number of rotatable bonds is 4. The van der Waals surface area contributed by atoms with Gasteiger partial charge in [0.2, 0.25) is 0 Å². The van der Waals surface area contributed by atoms with Gasteiger partial charge in [0.15, 0.2) is 0 Å². The van der Waals surface area contributed by atoms with Crippen LogP contribution in [0.5, 0.6) is 0 Å². The van der Waals surface area contributed by atoms with E-state index in [4.69, 9.17) is 22.5 Å². The van der Waals surface area contributed by atoms with Gasteiger partial charge in [-0.05, 0) is 28.9 Å². The first-order chi connectivity index (χ1) is 4.06. The average molecular weight is 191 g/mol. The van der Waals surface area contributed by atoms with Crippen molar-refractivity contribution in [2.75, 3.05) is 6.61 Å². The first-order valence-corrected chi connectivity index (χ1v) is 6.13. The summed E-state index contributed by atoms with van der Waals surface area (Å²) in [6.07, 6.45) is -1.43. The molecule has 56 valence electrons. The lowest BCUT2D eigenvalue weighted by atomic mass is 10.4. The molecule has 0 fully saturated rings. The van der Waals surface area contributed by atoms with Crippen molar-refractivity contribution in [1.29, 1.82) is 0 Å². The molecule has 9 heavy (non-hydrogen) atoms. The Labute approximate surface area is 64.5 Å². The van der Waals surface area contributed by atoms with Crippen LogP contribution in [0.25, 0.3) is 0 Å². The molecule has 0 spiro atoms. The van der Waals surface area contributed by atoms with Crippen LogP contribution < -0.4 is 0 Å². The molecule has 0 saturated carbocycles. The van der Waals surface area contributed by atoms with Crippen molar-refractivity contribution < 1.29 is 9.09 Å². The fraction of sp³-hybridized carbons (Fsp3) is 1.00. The Morgan fingerprint density at radius 2 is 2.11 bits per heavy atom. The summed E-state index contributed by atoms with van der Waals surface area (Å²) in [6, 6.07) is 0. The number of unbranched alkanes of at least 4 members (excludes halogenated alkanes) is 1. The van der Waals surface area contributed by atoms with Crippen LogP contribution in [0.3, 0.4) is 0 Å². The smallest absolute Gasteiger partial charge is 0.306 e. The van der Waals surface area contributed by atoms with Gasteiger partial charge in [0.25, 0.3) is 0 Å². The lowest BCUT2D eigenvalue weighted by Gasteiger charge is -2.00. The van der Waals surface area contributed by atoms with Gasteiger partial charge in [-0.1, -0.05) is 13.3 Å². The van der Waals surface area contributed by atoms with E-state index in [1.165, 1.54) is 0 Å². The monoisotopic (exact) mass is 190 g/mol. The summed E-state index contributed by atoms with van der Waals surface area (Å²) in [7, 11) is 0. The van der Waals surface area contributed by atoms with Crippen molar-refractivity contribution in [1.82, 2.24) is 0 Å². The van der Waals surface area contributed by atoms with Crippen LogP contribution in [0.1, 0.15) is 19.8 Å². The molecular formula is C4H9Cl2O2P. The summed E-state index contributed by atoms with van der Waals surface area (Å²) < 4.78 is 15.0. The second-order valence-electron chi connectivity index (χ2n) is 1.60. The quantitative estimate of drug-likeness (QED) is 0.502. The zero-order valence-electron chi connectivity index (χ0n) is 5.14. The van der Waals surface area contributed by atoms with Crippen LogP contribution in [-0.2, 0) is 9.09 Å². The normalized spacial score (nSPS) is 11.9. The molecule has 0 N–H and O–H groups in total. The highest BCUT2D eigenvalue weighted by Crippen LogP contribution is 2.57. The minimum atomic E-state index is -3.25. The molecule has 0 radical (unpaired) electrons. The molecule has 0 aromatic carbocycles. The van der Waals surface area contributed by atoms with E-state index in [0.717, 1.165) is 12.8 Å². The molecule has 0 amide bonds. The van der Waals surface area contributed by atoms with Gasteiger partial charge in [-0.15, -0.1) is 0 Å². The third kappa shape index (κ3) is 8.77. The highest BCUT2D eigenvalue weighted by molar-refractivity contribution is 8.05. The zero-order chi connectivity index (χ0) is 7.33. The van der Waals surface area contributed by atoms with E-state index >= 15 is 0 Å². The molecule has 0 aromatic heterocycles. The van der Waals surface area contributed by atoms with Gasteiger partial charge >= 0.3 is 6.07 Å². The fourth-order valence-electron chi connectivity index (χ4n) is 0.315. The van der Waals surface area contributed by atoms with Gasteiger partial charge < -0.3 is 4.52 Å². The third-order valence-electron chi connectivity index (χ3n) is 0.739. The lowest BCUT2D eigenvalue weighted by Crippen LogP contribution is -1.84. The van der Waals surface area contributed by atoms with Crippen LogP contribution in [0.15, 0.2) is 0 Å². The Hall–Kier alpha value is 0.770. The van der Waals surface area contributed by atoms with Gasteiger partial charge in [-0.3, -0.25) is 4.57 Å². The maximum atomic E-state index is 10.4. The standard InChI is InChI=1S/C4H9Cl2O2P/c1-2-3-4-8-9(5,6)7/h2-4H2,1H3. The molecule has 0 rings (SSSR count). The third-order valence-corrected chi connectivity index (χ3v) is 1.81. The first kappa shape index (κ1) is 9.77. The minimum absolute atomic E-state index is 0.376. The van der Waals surface area contributed by atoms with Crippen LogP contribution >= 0.6 is 28.6 Å². The van der Waals surface area contributed by atoms with Gasteiger partial charge in [-0.25, -0.2) is 0 Å². The lowest BCUT2D eigenvalue weighted by molar-refractivity contribution is 0.325. The summed E-state index contributed by atoms with van der Waals surface area (Å²) in [6.45, 7) is 2.37. The molecule has 0 aromatic rings. The molecule has 0 unspecified atom stereocenters. The van der Waals surface area contributed by atoms with E-state index in [9.17, 15) is 4.57 Å². The van der Waals surface area contributed by atoms with Gasteiger partial charge in [-0.2, -0.15) is 0 Å². The van der Waals surface area contributed by atoms with Crippen LogP contribution in [0, 0.1) is 0 Å². The Morgan fingerprint density at radius 3 is 2.44 bits per heavy atom. The first-order valence-electron chi connectivity index (χ1n) is 2.70. The highest BCUT2D eigenvalue weighted by Gasteiger charge is 2.12. The van der Waals surface area contributed by atoms with Crippen molar-refractivity contribution in [3.63, 3.8) is 0 Å². The molecule has 5 heteroatoms. The molecule has 0 aliphatic carbocycles. The predicted molar refractivity (Wildman–Crippen MR) is 40.2 cm³/mol. The summed E-state index contributed by atoms with van der Waals surface area (Å²) in [5.74, 6) is 0. The van der Waals surface area contributed by atoms with Crippen molar-refractivity contribution in [3.8, 4) is 0 Å². The number of halogens is 2. The van der Waals surface area contributed by atoms with Gasteiger partial charge in [0.1, 0.15) is 0 Å². The van der Waals surface area contributed by atoms with E-state index in [0.29, 0.717) is 6.61 Å². The van der Waals surface area contributed by atoms with E-state index in [-0.39, 0.29) is 0 Å². The molecule has 0 atom stereocenters. The molecular weight excluding hydrogens is 182 g/mol. The number of hydrogen-bond acceptors (Lipinski definition) is 2. The van der Waals surface area contributed by atoms with Gasteiger partial charge in [0, 0.05) is 0 Å². The summed E-state index contributed by atoms with van der Waals surface area (Å²) in [5, 5.41) is 0. The molecule has 2 nitrogen and oxygen atoms in total. The summed E-state index contributed by atoms with van der Waals surface area (Å²) in [4.78, 5) is 0. The topological polar surface area (TPSA) is 26.3 Å². The SMILES string of the molecule is CCCCOP(=O)(Cl)Cl. The van der Waals surface area contributed by atoms with Crippen molar-refractivity contribution in [3.05, 3.63) is 0 Å². The highest BCUT2D eigenvalue weighted by atomic mass is 35.9. The van der Waals surface area contributed by atoms with Crippen molar-refractivity contribution >= 4 is 28.6 Å². The van der Waals surface area contributed by atoms with Crippen LogP contribution in [0.4, 0.5) is 0 Å². The molecule has 0 aliphatic rings. The average Bonchev–Trinajstić information content (AvgIpc) is 1.63. The molecule has 0 saturated heterocycles. The molecule has 0 heterocycles. The second-order valence-corrected chi connectivity index (χ2v) is 5.88. The van der Waals surface area contributed by atoms with Crippen LogP contribution in [0.2, 0.25) is 0 Å². The van der Waals surface area contributed by atoms with Crippen LogP contribution in [-0.4, -0.2) is 6.61 Å². The number of hydrogen-bond donors (Lipinski definition) is 0. The minimum Gasteiger partial charge on any atom is -0.306 e. The Morgan fingerprint density at radius 1 is 1.56 bits per heavy atom. The Kier molecular flexibility index (Phi) is 4.96. The zero-order valence-corrected chi connectivity index (χ0v) is 7.55. The Bertz CT molecular complexity index is 111. The fourth-order valence-corrected chi connectivity index (χ4v) is 1.07. The van der Waals surface area contributed by atoms with E-state index in [2.05, 4.69) is 4.52 Å². The van der Waals surface area contributed by atoms with E-state index < -0.39 is 6.07 Å².